The highest BCUT2D eigenvalue weighted by molar-refractivity contribution is 5.89. The smallest absolute Gasteiger partial charge is 0.407 e. The van der Waals surface area contributed by atoms with E-state index in [2.05, 4.69) is 5.32 Å². The lowest BCUT2D eigenvalue weighted by molar-refractivity contribution is 0.0170. The standard InChI is InChI=1S/C19H21NO5/c1-14(20-19(23)25-12-15-8-4-2-5-9-15)17(21)13-24-18(22)16-10-6-3-7-11-16/h2-11,14,17,21H,12-13H2,1H3,(H,20,23). The number of esters is 1. The van der Waals surface area contributed by atoms with Crippen molar-refractivity contribution in [2.24, 2.45) is 0 Å². The van der Waals surface area contributed by atoms with Crippen molar-refractivity contribution < 1.29 is 24.2 Å². The van der Waals surface area contributed by atoms with E-state index in [-0.39, 0.29) is 13.2 Å². The number of alkyl carbamates (subject to hydrolysis) is 1. The zero-order valence-corrected chi connectivity index (χ0v) is 13.9. The fourth-order valence-corrected chi connectivity index (χ4v) is 2.01. The Hall–Kier alpha value is -2.86. The lowest BCUT2D eigenvalue weighted by atomic mass is 10.2. The monoisotopic (exact) mass is 343 g/mol. The van der Waals surface area contributed by atoms with Crippen LogP contribution in [0.3, 0.4) is 0 Å². The summed E-state index contributed by atoms with van der Waals surface area (Å²) in [5, 5.41) is 12.5. The van der Waals surface area contributed by atoms with Gasteiger partial charge in [0.05, 0.1) is 11.6 Å². The van der Waals surface area contributed by atoms with Crippen LogP contribution in [0.25, 0.3) is 0 Å². The van der Waals surface area contributed by atoms with E-state index in [4.69, 9.17) is 9.47 Å². The van der Waals surface area contributed by atoms with Crippen LogP contribution in [0.2, 0.25) is 0 Å². The molecule has 0 aliphatic carbocycles. The second-order valence-electron chi connectivity index (χ2n) is 5.53. The molecule has 2 atom stereocenters. The Bertz CT molecular complexity index is 675. The van der Waals surface area contributed by atoms with Gasteiger partial charge in [-0.15, -0.1) is 0 Å². The Labute approximate surface area is 146 Å². The molecule has 0 aromatic heterocycles. The van der Waals surface area contributed by atoms with Gasteiger partial charge in [-0.05, 0) is 24.6 Å². The van der Waals surface area contributed by atoms with Gasteiger partial charge in [-0.2, -0.15) is 0 Å². The maximum atomic E-state index is 11.8. The molecule has 6 nitrogen and oxygen atoms in total. The number of carbonyl (C=O) groups is 2. The SMILES string of the molecule is CC(NC(=O)OCc1ccccc1)C(O)COC(=O)c1ccccc1. The van der Waals surface area contributed by atoms with Gasteiger partial charge in [0.15, 0.2) is 0 Å². The number of hydrogen-bond donors (Lipinski definition) is 2. The summed E-state index contributed by atoms with van der Waals surface area (Å²) in [5.41, 5.74) is 1.26. The van der Waals surface area contributed by atoms with Gasteiger partial charge in [-0.25, -0.2) is 9.59 Å². The van der Waals surface area contributed by atoms with Crippen molar-refractivity contribution in [3.05, 3.63) is 71.8 Å². The molecule has 2 aromatic carbocycles. The third kappa shape index (κ3) is 6.27. The minimum atomic E-state index is -1.04. The normalized spacial score (nSPS) is 12.7. The maximum Gasteiger partial charge on any atom is 0.407 e. The molecule has 0 fully saturated rings. The van der Waals surface area contributed by atoms with Crippen molar-refractivity contribution in [1.82, 2.24) is 5.32 Å². The van der Waals surface area contributed by atoms with Crippen LogP contribution in [-0.4, -0.2) is 35.9 Å². The van der Waals surface area contributed by atoms with Gasteiger partial charge in [0, 0.05) is 0 Å². The van der Waals surface area contributed by atoms with Crippen molar-refractivity contribution in [2.75, 3.05) is 6.61 Å². The summed E-state index contributed by atoms with van der Waals surface area (Å²) < 4.78 is 10.1. The van der Waals surface area contributed by atoms with Crippen LogP contribution in [0.15, 0.2) is 60.7 Å². The average molecular weight is 343 g/mol. The number of rotatable bonds is 7. The van der Waals surface area contributed by atoms with Gasteiger partial charge >= 0.3 is 12.1 Å². The highest BCUT2D eigenvalue weighted by Crippen LogP contribution is 2.04. The van der Waals surface area contributed by atoms with Gasteiger partial charge in [0.1, 0.15) is 19.3 Å². The van der Waals surface area contributed by atoms with Crippen LogP contribution in [-0.2, 0) is 16.1 Å². The number of aliphatic hydroxyl groups excluding tert-OH is 1. The van der Waals surface area contributed by atoms with Crippen LogP contribution in [0.1, 0.15) is 22.8 Å². The molecule has 0 saturated carbocycles. The largest absolute Gasteiger partial charge is 0.459 e. The molecule has 0 bridgehead atoms. The Morgan fingerprint density at radius 1 is 1.00 bits per heavy atom. The molecule has 2 unspecified atom stereocenters. The molecule has 0 saturated heterocycles. The third-order valence-corrected chi connectivity index (χ3v) is 3.53. The van der Waals surface area contributed by atoms with E-state index in [1.54, 1.807) is 37.3 Å². The Morgan fingerprint density at radius 3 is 2.24 bits per heavy atom. The van der Waals surface area contributed by atoms with Crippen molar-refractivity contribution in [3.63, 3.8) is 0 Å². The van der Waals surface area contributed by atoms with Crippen molar-refractivity contribution in [2.45, 2.75) is 25.7 Å². The lowest BCUT2D eigenvalue weighted by Gasteiger charge is -2.20. The lowest BCUT2D eigenvalue weighted by Crippen LogP contribution is -2.43. The molecular formula is C19H21NO5. The molecule has 25 heavy (non-hydrogen) atoms. The number of amides is 1. The summed E-state index contributed by atoms with van der Waals surface area (Å²) >= 11 is 0. The van der Waals surface area contributed by atoms with Crippen LogP contribution < -0.4 is 5.32 Å². The summed E-state index contributed by atoms with van der Waals surface area (Å²) in [7, 11) is 0. The molecule has 0 radical (unpaired) electrons. The first-order valence-corrected chi connectivity index (χ1v) is 7.93. The predicted molar refractivity (Wildman–Crippen MR) is 92.0 cm³/mol. The van der Waals surface area contributed by atoms with E-state index in [9.17, 15) is 14.7 Å². The highest BCUT2D eigenvalue weighted by Gasteiger charge is 2.19. The minimum Gasteiger partial charge on any atom is -0.459 e. The van der Waals surface area contributed by atoms with E-state index in [1.807, 2.05) is 30.3 Å². The molecule has 0 aliphatic rings. The van der Waals surface area contributed by atoms with E-state index >= 15 is 0 Å². The third-order valence-electron chi connectivity index (χ3n) is 3.53. The summed E-state index contributed by atoms with van der Waals surface area (Å²) in [6, 6.07) is 17.1. The van der Waals surface area contributed by atoms with Gasteiger partial charge in [0.2, 0.25) is 0 Å². The molecule has 0 heterocycles. The van der Waals surface area contributed by atoms with E-state index < -0.39 is 24.2 Å². The number of benzene rings is 2. The zero-order chi connectivity index (χ0) is 18.1. The Morgan fingerprint density at radius 2 is 1.60 bits per heavy atom. The molecule has 2 aromatic rings. The first-order valence-electron chi connectivity index (χ1n) is 7.93. The number of nitrogens with one attached hydrogen (secondary N) is 1. The summed E-state index contributed by atoms with van der Waals surface area (Å²) in [6.07, 6.45) is -1.69. The van der Waals surface area contributed by atoms with Gasteiger partial charge in [-0.1, -0.05) is 48.5 Å². The average Bonchev–Trinajstić information content (AvgIpc) is 2.65. The molecule has 1 amide bonds. The maximum absolute atomic E-state index is 11.8. The van der Waals surface area contributed by atoms with Crippen LogP contribution in [0, 0.1) is 0 Å². The Kier molecular flexibility index (Phi) is 6.98. The topological polar surface area (TPSA) is 84.9 Å². The number of aliphatic hydroxyl groups is 1. The number of hydrogen-bond acceptors (Lipinski definition) is 5. The molecule has 0 spiro atoms. The van der Waals surface area contributed by atoms with E-state index in [1.165, 1.54) is 0 Å². The fourth-order valence-electron chi connectivity index (χ4n) is 2.01. The van der Waals surface area contributed by atoms with Crippen molar-refractivity contribution in [3.8, 4) is 0 Å². The molecular weight excluding hydrogens is 322 g/mol. The summed E-state index contributed by atoms with van der Waals surface area (Å²) in [6.45, 7) is 1.51. The molecule has 0 aliphatic heterocycles. The van der Waals surface area contributed by atoms with Gasteiger partial charge < -0.3 is 19.9 Å². The van der Waals surface area contributed by atoms with Gasteiger partial charge in [-0.3, -0.25) is 0 Å². The van der Waals surface area contributed by atoms with E-state index in [0.29, 0.717) is 5.56 Å². The summed E-state index contributed by atoms with van der Waals surface area (Å²) in [4.78, 5) is 23.5. The van der Waals surface area contributed by atoms with Crippen molar-refractivity contribution in [1.29, 1.82) is 0 Å². The second-order valence-corrected chi connectivity index (χ2v) is 5.53. The van der Waals surface area contributed by atoms with Crippen LogP contribution >= 0.6 is 0 Å². The quantitative estimate of drug-likeness (QED) is 0.755. The molecule has 132 valence electrons. The summed E-state index contributed by atoms with van der Waals surface area (Å²) in [5.74, 6) is -0.529. The molecule has 6 heteroatoms. The number of ether oxygens (including phenoxy) is 2. The molecule has 2 N–H and O–H groups in total. The zero-order valence-electron chi connectivity index (χ0n) is 13.9. The second kappa shape index (κ2) is 9.44. The highest BCUT2D eigenvalue weighted by atomic mass is 16.6. The van der Waals surface area contributed by atoms with Crippen molar-refractivity contribution >= 4 is 12.1 Å². The fraction of sp³-hybridized carbons (Fsp3) is 0.263. The molecule has 2 rings (SSSR count). The number of carbonyl (C=O) groups excluding carboxylic acids is 2. The van der Waals surface area contributed by atoms with Gasteiger partial charge in [0.25, 0.3) is 0 Å². The van der Waals surface area contributed by atoms with Crippen LogP contribution in [0.4, 0.5) is 4.79 Å². The first kappa shape index (κ1) is 18.5. The minimum absolute atomic E-state index is 0.137. The van der Waals surface area contributed by atoms with E-state index in [0.717, 1.165) is 5.56 Å². The predicted octanol–water partition coefficient (Wildman–Crippen LogP) is 2.52. The first-order chi connectivity index (χ1) is 12.1. The van der Waals surface area contributed by atoms with Crippen LogP contribution in [0.5, 0.6) is 0 Å². The Balaban J connectivity index is 1.71.